The number of halogens is 1. The third kappa shape index (κ3) is 3.00. The molecule has 0 aromatic carbocycles. The minimum absolute atomic E-state index is 0. The normalized spacial score (nSPS) is 26.5. The van der Waals surface area contributed by atoms with Crippen molar-refractivity contribution in [1.82, 2.24) is 9.62 Å². The Balaban J connectivity index is 0.00000144. The van der Waals surface area contributed by atoms with E-state index in [1.54, 1.807) is 6.92 Å². The van der Waals surface area contributed by atoms with Gasteiger partial charge in [-0.1, -0.05) is 0 Å². The van der Waals surface area contributed by atoms with Gasteiger partial charge in [0.15, 0.2) is 4.58 Å². The molecule has 0 saturated carbocycles. The second-order valence-electron chi connectivity index (χ2n) is 3.66. The zero-order valence-corrected chi connectivity index (χ0v) is 11.7. The van der Waals surface area contributed by atoms with Crippen molar-refractivity contribution in [2.24, 2.45) is 4.99 Å². The van der Waals surface area contributed by atoms with Gasteiger partial charge < -0.3 is 5.32 Å². The molecule has 1 fully saturated rings. The first-order valence-electron chi connectivity index (χ1n) is 4.97. The van der Waals surface area contributed by atoms with Crippen LogP contribution in [0.4, 0.5) is 4.79 Å². The van der Waals surface area contributed by atoms with Gasteiger partial charge in [0.05, 0.1) is 0 Å². The molecule has 1 atom stereocenters. The molecule has 2 rings (SSSR count). The van der Waals surface area contributed by atoms with E-state index in [2.05, 4.69) is 10.3 Å². The van der Waals surface area contributed by atoms with E-state index < -0.39 is 19.8 Å². The standard InChI is InChI=1S/C8H13N3O3S2.ClH/c1-6-7(15-8(12)10-6)16(13,14)11-4-2-9-3-5-11;/h7,9H,2-5H2,1H3;1H. The summed E-state index contributed by atoms with van der Waals surface area (Å²) in [6, 6.07) is 0. The second kappa shape index (κ2) is 5.66. The molecule has 0 spiro atoms. The van der Waals surface area contributed by atoms with E-state index in [4.69, 9.17) is 0 Å². The van der Waals surface area contributed by atoms with E-state index in [0.717, 1.165) is 11.8 Å². The first kappa shape index (κ1) is 14.9. The zero-order valence-electron chi connectivity index (χ0n) is 9.25. The van der Waals surface area contributed by atoms with Gasteiger partial charge in [0.2, 0.25) is 10.0 Å². The van der Waals surface area contributed by atoms with Gasteiger partial charge in [-0.05, 0) is 18.7 Å². The molecule has 0 aromatic heterocycles. The molecular formula is C8H14ClN3O3S2. The van der Waals surface area contributed by atoms with Crippen LogP contribution in [0.3, 0.4) is 0 Å². The third-order valence-electron chi connectivity index (χ3n) is 2.52. The van der Waals surface area contributed by atoms with E-state index in [-0.39, 0.29) is 12.4 Å². The Bertz CT molecular complexity index is 431. The van der Waals surface area contributed by atoms with Crippen molar-refractivity contribution in [3.05, 3.63) is 0 Å². The lowest BCUT2D eigenvalue weighted by Gasteiger charge is -2.28. The average Bonchev–Trinajstić information content (AvgIpc) is 2.60. The van der Waals surface area contributed by atoms with Gasteiger partial charge in [-0.25, -0.2) is 13.4 Å². The second-order valence-corrected chi connectivity index (χ2v) is 7.04. The number of carbonyl (C=O) groups excluding carboxylic acids is 1. The van der Waals surface area contributed by atoms with Crippen molar-refractivity contribution in [2.75, 3.05) is 26.2 Å². The molecule has 2 heterocycles. The SMILES string of the molecule is CC1=NC(=O)SC1S(=O)(=O)N1CCNCC1.Cl. The van der Waals surface area contributed by atoms with Crippen molar-refractivity contribution in [2.45, 2.75) is 11.5 Å². The largest absolute Gasteiger partial charge is 0.314 e. The molecular weight excluding hydrogens is 286 g/mol. The number of thioether (sulfide) groups is 1. The van der Waals surface area contributed by atoms with Crippen molar-refractivity contribution >= 4 is 45.1 Å². The number of nitrogens with one attached hydrogen (secondary N) is 1. The van der Waals surface area contributed by atoms with Crippen LogP contribution in [-0.2, 0) is 10.0 Å². The highest BCUT2D eigenvalue weighted by Crippen LogP contribution is 2.29. The first-order chi connectivity index (χ1) is 7.51. The molecule has 0 radical (unpaired) electrons. The van der Waals surface area contributed by atoms with E-state index in [1.165, 1.54) is 4.31 Å². The summed E-state index contributed by atoms with van der Waals surface area (Å²) in [4.78, 5) is 14.7. The van der Waals surface area contributed by atoms with Gasteiger partial charge in [0.25, 0.3) is 0 Å². The Kier molecular flexibility index (Phi) is 4.96. The Morgan fingerprint density at radius 3 is 2.47 bits per heavy atom. The van der Waals surface area contributed by atoms with Crippen LogP contribution in [0, 0.1) is 0 Å². The smallest absolute Gasteiger partial charge is 0.306 e. The predicted molar refractivity (Wildman–Crippen MR) is 70.5 cm³/mol. The van der Waals surface area contributed by atoms with Gasteiger partial charge in [-0.2, -0.15) is 4.31 Å². The number of amides is 1. The van der Waals surface area contributed by atoms with Crippen LogP contribution in [0.2, 0.25) is 0 Å². The number of rotatable bonds is 2. The van der Waals surface area contributed by atoms with Gasteiger partial charge in [0, 0.05) is 31.9 Å². The van der Waals surface area contributed by atoms with Crippen molar-refractivity contribution < 1.29 is 13.2 Å². The zero-order chi connectivity index (χ0) is 11.8. The van der Waals surface area contributed by atoms with Crippen molar-refractivity contribution in [3.8, 4) is 0 Å². The van der Waals surface area contributed by atoms with Gasteiger partial charge in [0.1, 0.15) is 0 Å². The number of piperazine rings is 1. The topological polar surface area (TPSA) is 78.8 Å². The Morgan fingerprint density at radius 2 is 2.00 bits per heavy atom. The summed E-state index contributed by atoms with van der Waals surface area (Å²) < 4.78 is 25.0. The number of aliphatic imine (C=N–C) groups is 1. The minimum Gasteiger partial charge on any atom is -0.314 e. The molecule has 1 amide bonds. The number of hydrogen-bond donors (Lipinski definition) is 1. The molecule has 0 aliphatic carbocycles. The molecule has 0 bridgehead atoms. The fourth-order valence-corrected chi connectivity index (χ4v) is 4.86. The lowest BCUT2D eigenvalue weighted by Crippen LogP contribution is -2.49. The summed E-state index contributed by atoms with van der Waals surface area (Å²) in [6.45, 7) is 3.81. The Labute approximate surface area is 111 Å². The molecule has 98 valence electrons. The average molecular weight is 300 g/mol. The highest BCUT2D eigenvalue weighted by molar-refractivity contribution is 8.23. The van der Waals surface area contributed by atoms with E-state index in [9.17, 15) is 13.2 Å². The summed E-state index contributed by atoms with van der Waals surface area (Å²) in [5, 5.41) is 2.67. The minimum atomic E-state index is -3.44. The molecule has 9 heteroatoms. The van der Waals surface area contributed by atoms with Crippen LogP contribution in [0.1, 0.15) is 6.92 Å². The maximum Gasteiger partial charge on any atom is 0.306 e. The lowest BCUT2D eigenvalue weighted by atomic mass is 10.4. The Morgan fingerprint density at radius 1 is 1.41 bits per heavy atom. The summed E-state index contributed by atoms with van der Waals surface area (Å²) in [5.74, 6) is 0. The highest BCUT2D eigenvalue weighted by atomic mass is 35.5. The molecule has 2 aliphatic rings. The van der Waals surface area contributed by atoms with Crippen LogP contribution in [0.25, 0.3) is 0 Å². The quantitative estimate of drug-likeness (QED) is 0.793. The van der Waals surface area contributed by atoms with E-state index in [0.29, 0.717) is 31.9 Å². The van der Waals surface area contributed by atoms with Crippen LogP contribution in [-0.4, -0.2) is 54.4 Å². The van der Waals surface area contributed by atoms with Crippen LogP contribution in [0.15, 0.2) is 4.99 Å². The predicted octanol–water partition coefficient (Wildman–Crippen LogP) is 0.297. The molecule has 1 unspecified atom stereocenters. The molecule has 6 nitrogen and oxygen atoms in total. The fraction of sp³-hybridized carbons (Fsp3) is 0.750. The van der Waals surface area contributed by atoms with Gasteiger partial charge in [-0.3, -0.25) is 4.79 Å². The van der Waals surface area contributed by atoms with Crippen LogP contribution < -0.4 is 5.32 Å². The molecule has 17 heavy (non-hydrogen) atoms. The first-order valence-corrected chi connectivity index (χ1v) is 7.35. The molecule has 2 aliphatic heterocycles. The van der Waals surface area contributed by atoms with Gasteiger partial charge >= 0.3 is 5.24 Å². The maximum atomic E-state index is 12.2. The summed E-state index contributed by atoms with van der Waals surface area (Å²) in [7, 11) is -3.44. The maximum absolute atomic E-state index is 12.2. The summed E-state index contributed by atoms with van der Waals surface area (Å²) in [6.07, 6.45) is 0. The molecule has 0 aromatic rings. The van der Waals surface area contributed by atoms with Crippen molar-refractivity contribution in [3.63, 3.8) is 0 Å². The summed E-state index contributed by atoms with van der Waals surface area (Å²) in [5.41, 5.74) is 0.383. The Hall–Kier alpha value is -0.150. The number of sulfonamides is 1. The number of nitrogens with zero attached hydrogens (tertiary/aromatic N) is 2. The lowest BCUT2D eigenvalue weighted by molar-refractivity contribution is 0.268. The number of carbonyl (C=O) groups is 1. The fourth-order valence-electron chi connectivity index (χ4n) is 1.71. The molecule has 1 saturated heterocycles. The third-order valence-corrected chi connectivity index (χ3v) is 6.36. The van der Waals surface area contributed by atoms with Crippen LogP contribution >= 0.6 is 24.2 Å². The van der Waals surface area contributed by atoms with Crippen LogP contribution in [0.5, 0.6) is 0 Å². The highest BCUT2D eigenvalue weighted by Gasteiger charge is 2.40. The number of hydrogen-bond acceptors (Lipinski definition) is 5. The van der Waals surface area contributed by atoms with Crippen molar-refractivity contribution in [1.29, 1.82) is 0 Å². The molecule has 1 N–H and O–H groups in total. The summed E-state index contributed by atoms with van der Waals surface area (Å²) >= 11 is 0.782. The van der Waals surface area contributed by atoms with Gasteiger partial charge in [-0.15, -0.1) is 12.4 Å². The van der Waals surface area contributed by atoms with E-state index >= 15 is 0 Å². The van der Waals surface area contributed by atoms with E-state index in [1.807, 2.05) is 0 Å². The monoisotopic (exact) mass is 299 g/mol.